The number of benzene rings is 2. The average molecular weight is 783 g/mol. The van der Waals surface area contributed by atoms with Crippen LogP contribution in [0.4, 0.5) is 14.5 Å². The number of nitrogens with zero attached hydrogens (tertiary/aromatic N) is 6. The third-order valence-electron chi connectivity index (χ3n) is 11.5. The molecule has 1 saturated carbocycles. The molecule has 56 heavy (non-hydrogen) atoms. The predicted molar refractivity (Wildman–Crippen MR) is 205 cm³/mol. The van der Waals surface area contributed by atoms with Crippen LogP contribution in [0.25, 0.3) is 21.3 Å². The van der Waals surface area contributed by atoms with Crippen molar-refractivity contribution in [2.24, 2.45) is 13.0 Å². The van der Waals surface area contributed by atoms with Gasteiger partial charge in [-0.15, -0.1) is 11.3 Å². The number of hydrogen-bond donors (Lipinski definition) is 2. The maximum atomic E-state index is 16.1. The maximum absolute atomic E-state index is 16.1. The fraction of sp³-hybridized carbons (Fsp3) is 0.425. The van der Waals surface area contributed by atoms with Crippen LogP contribution in [-0.2, 0) is 16.6 Å². The van der Waals surface area contributed by atoms with Gasteiger partial charge in [0.25, 0.3) is 11.8 Å². The highest BCUT2D eigenvalue weighted by Crippen LogP contribution is 2.45. The second-order valence-electron chi connectivity index (χ2n) is 15.0. The first-order valence-corrected chi connectivity index (χ1v) is 19.5. The number of nitrogens with one attached hydrogen (secondary N) is 2. The Morgan fingerprint density at radius 3 is 2.64 bits per heavy atom. The fourth-order valence-electron chi connectivity index (χ4n) is 8.72. The zero-order valence-electron chi connectivity index (χ0n) is 30.9. The number of halogens is 2. The summed E-state index contributed by atoms with van der Waals surface area (Å²) in [5, 5.41) is 15.3. The first-order chi connectivity index (χ1) is 26.9. The smallest absolute Gasteiger partial charge is 0.329 e. The summed E-state index contributed by atoms with van der Waals surface area (Å²) in [7, 11) is 3.06. The molecule has 8 rings (SSSR count). The number of amides is 3. The van der Waals surface area contributed by atoms with Gasteiger partial charge in [-0.05, 0) is 74.8 Å². The Balaban J connectivity index is 0.912. The fourth-order valence-corrected chi connectivity index (χ4v) is 9.88. The van der Waals surface area contributed by atoms with Gasteiger partial charge >= 0.3 is 5.69 Å². The van der Waals surface area contributed by atoms with E-state index in [-0.39, 0.29) is 48.8 Å². The van der Waals surface area contributed by atoms with Gasteiger partial charge in [-0.1, -0.05) is 12.1 Å². The molecule has 2 aliphatic heterocycles. The van der Waals surface area contributed by atoms with Crippen LogP contribution in [0.3, 0.4) is 0 Å². The van der Waals surface area contributed by atoms with Gasteiger partial charge in [0.15, 0.2) is 0 Å². The Hall–Kier alpha value is -5.53. The highest BCUT2D eigenvalue weighted by molar-refractivity contribution is 7.18. The first-order valence-electron chi connectivity index (χ1n) is 18.7. The van der Waals surface area contributed by atoms with Gasteiger partial charge in [-0.3, -0.25) is 38.7 Å². The molecule has 1 unspecified atom stereocenters. The van der Waals surface area contributed by atoms with Gasteiger partial charge in [-0.25, -0.2) is 18.6 Å². The predicted octanol–water partition coefficient (Wildman–Crippen LogP) is 5.85. The Kier molecular flexibility index (Phi) is 9.92. The number of likely N-dealkylation sites (tertiary alicyclic amines) is 1. The van der Waals surface area contributed by atoms with E-state index in [9.17, 15) is 24.4 Å². The Bertz CT molecular complexity index is 2480. The SMILES string of the molecule is COc1cc2nc(C3CCC(CN4CC[C@@H](c5cccc6c5n(C)c(=O)n6C5CCC(=O)NC5=O)C(F)(F)C4)CC3)sc2cc1NC(=O)c1cncc(C#N)c1. The monoisotopic (exact) mass is 782 g/mol. The summed E-state index contributed by atoms with van der Waals surface area (Å²) in [6.45, 7) is 0.697. The van der Waals surface area contributed by atoms with Crippen LogP contribution < -0.4 is 21.1 Å². The van der Waals surface area contributed by atoms with Crippen molar-refractivity contribution in [3.05, 3.63) is 81.0 Å². The summed E-state index contributed by atoms with van der Waals surface area (Å²) in [4.78, 5) is 61.6. The normalized spacial score (nSPS) is 22.8. The number of anilines is 1. The number of rotatable bonds is 8. The Morgan fingerprint density at radius 2 is 1.91 bits per heavy atom. The van der Waals surface area contributed by atoms with E-state index in [1.54, 1.807) is 42.6 Å². The number of thiazole rings is 1. The van der Waals surface area contributed by atoms with Crippen molar-refractivity contribution in [3.8, 4) is 11.8 Å². The van der Waals surface area contributed by atoms with Crippen molar-refractivity contribution in [3.63, 3.8) is 0 Å². The van der Waals surface area contributed by atoms with Crippen molar-refractivity contribution in [1.82, 2.24) is 29.3 Å². The number of alkyl halides is 2. The van der Waals surface area contributed by atoms with Crippen LogP contribution in [-0.4, -0.2) is 74.4 Å². The van der Waals surface area contributed by atoms with E-state index < -0.39 is 41.3 Å². The van der Waals surface area contributed by atoms with Crippen LogP contribution in [0, 0.1) is 17.2 Å². The van der Waals surface area contributed by atoms with E-state index in [1.165, 1.54) is 34.7 Å². The summed E-state index contributed by atoms with van der Waals surface area (Å²) in [5.74, 6) is -4.55. The van der Waals surface area contributed by atoms with Crippen molar-refractivity contribution in [2.45, 2.75) is 68.7 Å². The van der Waals surface area contributed by atoms with Crippen LogP contribution in [0.1, 0.15) is 89.3 Å². The number of nitriles is 1. The molecule has 0 radical (unpaired) electrons. The second-order valence-corrected chi connectivity index (χ2v) is 16.1. The molecule has 16 heteroatoms. The average Bonchev–Trinajstić information content (AvgIpc) is 3.71. The molecule has 3 fully saturated rings. The molecule has 2 atom stereocenters. The zero-order valence-corrected chi connectivity index (χ0v) is 31.7. The highest BCUT2D eigenvalue weighted by atomic mass is 32.1. The van der Waals surface area contributed by atoms with Gasteiger partial charge in [0.2, 0.25) is 11.8 Å². The molecule has 0 spiro atoms. The van der Waals surface area contributed by atoms with E-state index in [0.29, 0.717) is 41.1 Å². The number of pyridine rings is 1. The number of aromatic nitrogens is 4. The minimum absolute atomic E-state index is 0.0964. The van der Waals surface area contributed by atoms with Gasteiger partial charge in [0.05, 0.1) is 62.6 Å². The minimum Gasteiger partial charge on any atom is -0.494 e. The molecule has 3 amide bonds. The lowest BCUT2D eigenvalue weighted by atomic mass is 9.81. The summed E-state index contributed by atoms with van der Waals surface area (Å²) in [5.41, 5.74) is 2.52. The number of imide groups is 1. The first kappa shape index (κ1) is 37.4. The number of fused-ring (bicyclic) bond motifs is 2. The third-order valence-corrected chi connectivity index (χ3v) is 12.7. The number of carbonyl (C=O) groups is 3. The van der Waals surface area contributed by atoms with Crippen molar-refractivity contribution in [2.75, 3.05) is 32.1 Å². The molecule has 5 heterocycles. The summed E-state index contributed by atoms with van der Waals surface area (Å²) < 4.78 is 41.5. The number of methoxy groups -OCH3 is 1. The number of ether oxygens (including phenoxy) is 1. The zero-order chi connectivity index (χ0) is 39.3. The molecule has 0 bridgehead atoms. The van der Waals surface area contributed by atoms with Crippen molar-refractivity contribution < 1.29 is 27.9 Å². The maximum Gasteiger partial charge on any atom is 0.329 e. The van der Waals surface area contributed by atoms with Crippen LogP contribution in [0.5, 0.6) is 5.75 Å². The van der Waals surface area contributed by atoms with E-state index in [4.69, 9.17) is 9.72 Å². The number of piperidine rings is 2. The van der Waals surface area contributed by atoms with Crippen LogP contribution >= 0.6 is 11.3 Å². The van der Waals surface area contributed by atoms with Gasteiger partial charge in [-0.2, -0.15) is 5.26 Å². The lowest BCUT2D eigenvalue weighted by Crippen LogP contribution is -2.49. The Morgan fingerprint density at radius 1 is 1.11 bits per heavy atom. The van der Waals surface area contributed by atoms with Crippen LogP contribution in [0.2, 0.25) is 0 Å². The number of carbonyl (C=O) groups excluding carboxylic acids is 3. The summed E-state index contributed by atoms with van der Waals surface area (Å²) in [6.07, 6.45) is 6.84. The number of imidazole rings is 1. The van der Waals surface area contributed by atoms with Gasteiger partial charge in [0.1, 0.15) is 17.9 Å². The number of para-hydroxylation sites is 1. The quantitative estimate of drug-likeness (QED) is 0.184. The second kappa shape index (κ2) is 14.8. The molecular weight excluding hydrogens is 743 g/mol. The van der Waals surface area contributed by atoms with E-state index in [0.717, 1.165) is 40.9 Å². The van der Waals surface area contributed by atoms with E-state index >= 15 is 8.78 Å². The van der Waals surface area contributed by atoms with Crippen molar-refractivity contribution in [1.29, 1.82) is 5.26 Å². The van der Waals surface area contributed by atoms with Crippen molar-refractivity contribution >= 4 is 56.0 Å². The number of hydrogen-bond acceptors (Lipinski definition) is 10. The molecule has 1 aliphatic carbocycles. The highest BCUT2D eigenvalue weighted by Gasteiger charge is 2.47. The molecule has 2 aromatic carbocycles. The molecule has 2 N–H and O–H groups in total. The Labute approximate surface area is 324 Å². The molecule has 3 aliphatic rings. The third kappa shape index (κ3) is 6.94. The lowest BCUT2D eigenvalue weighted by molar-refractivity contribution is -0.135. The molecule has 13 nitrogen and oxygen atoms in total. The van der Waals surface area contributed by atoms with E-state index in [1.807, 2.05) is 17.0 Å². The van der Waals surface area contributed by atoms with Gasteiger partial charge < -0.3 is 10.1 Å². The minimum atomic E-state index is -3.05. The standard InChI is InChI=1S/C40H40F2N8O5S/c1-48-35-26(4-3-5-30(35)50(39(48)54)31-10-11-34(51)47-37(31)53)27-12-13-49(21-40(27,41)42)20-22-6-8-24(9-7-22)38-46-29-15-32(55-2)28(16-33(29)56-38)45-36(52)25-14-23(17-43)18-44-19-25/h3-5,14-16,18-19,22,24,27,31H,6-13,20-21H2,1-2H3,(H,45,52)(H,47,51,53)/t22?,24?,27-,31?/m0/s1. The summed E-state index contributed by atoms with van der Waals surface area (Å²) in [6, 6.07) is 11.2. The topological polar surface area (TPSA) is 164 Å². The molecule has 5 aromatic rings. The lowest BCUT2D eigenvalue weighted by Gasteiger charge is -2.41. The van der Waals surface area contributed by atoms with Crippen LogP contribution in [0.15, 0.2) is 53.6 Å². The molecule has 3 aromatic heterocycles. The molecule has 290 valence electrons. The molecule has 2 saturated heterocycles. The van der Waals surface area contributed by atoms with E-state index in [2.05, 4.69) is 15.6 Å². The van der Waals surface area contributed by atoms with Gasteiger partial charge in [0, 0.05) is 44.4 Å². The number of aryl methyl sites for hydroxylation is 1. The molecular formula is C40H40F2N8O5S. The largest absolute Gasteiger partial charge is 0.494 e. The summed E-state index contributed by atoms with van der Waals surface area (Å²) >= 11 is 1.57.